The van der Waals surface area contributed by atoms with Gasteiger partial charge in [-0.3, -0.25) is 19.2 Å². The van der Waals surface area contributed by atoms with Crippen LogP contribution in [0.5, 0.6) is 0 Å². The molecule has 0 spiro atoms. The van der Waals surface area contributed by atoms with Crippen LogP contribution in [0, 0.1) is 0 Å². The number of thioether (sulfide) groups is 1. The molecule has 0 aliphatic carbocycles. The monoisotopic (exact) mass is 435 g/mol. The Morgan fingerprint density at radius 3 is 2.17 bits per heavy atom. The number of carboxylic acids is 1. The lowest BCUT2D eigenvalue weighted by molar-refractivity contribution is -0.145. The Labute approximate surface area is 172 Å². The fourth-order valence-corrected chi connectivity index (χ4v) is 2.61. The Balaban J connectivity index is 4.89. The predicted octanol–water partition coefficient (Wildman–Crippen LogP) is -3.12. The number of nitrogens with one attached hydrogen (secondary N) is 3. The maximum absolute atomic E-state index is 12.3. The molecule has 4 amide bonds. The molecule has 4 atom stereocenters. The van der Waals surface area contributed by atoms with Crippen LogP contribution in [0.25, 0.3) is 0 Å². The molecule has 0 bridgehead atoms. The van der Waals surface area contributed by atoms with Gasteiger partial charge in [-0.2, -0.15) is 11.8 Å². The van der Waals surface area contributed by atoms with Crippen LogP contribution in [-0.2, 0) is 24.0 Å². The van der Waals surface area contributed by atoms with Crippen LogP contribution < -0.4 is 27.4 Å². The van der Waals surface area contributed by atoms with Gasteiger partial charge in [-0.1, -0.05) is 0 Å². The molecule has 0 saturated heterocycles. The molecule has 9 N–H and O–H groups in total. The zero-order valence-corrected chi connectivity index (χ0v) is 17.2. The van der Waals surface area contributed by atoms with E-state index in [2.05, 4.69) is 16.0 Å². The molecular weight excluding hydrogens is 406 g/mol. The molecule has 0 rings (SSSR count). The first-order chi connectivity index (χ1) is 13.5. The van der Waals surface area contributed by atoms with Crippen LogP contribution in [0.15, 0.2) is 0 Å². The first-order valence-corrected chi connectivity index (χ1v) is 10.2. The van der Waals surface area contributed by atoms with Crippen molar-refractivity contribution < 1.29 is 34.2 Å². The zero-order chi connectivity index (χ0) is 22.6. The third kappa shape index (κ3) is 11.3. The zero-order valence-electron chi connectivity index (χ0n) is 16.3. The van der Waals surface area contributed by atoms with Crippen molar-refractivity contribution in [1.82, 2.24) is 16.0 Å². The van der Waals surface area contributed by atoms with E-state index in [4.69, 9.17) is 16.6 Å². The van der Waals surface area contributed by atoms with Crippen molar-refractivity contribution in [2.45, 2.75) is 50.4 Å². The molecule has 13 heteroatoms. The molecule has 0 heterocycles. The van der Waals surface area contributed by atoms with E-state index in [0.717, 1.165) is 0 Å². The number of primary amides is 1. The Morgan fingerprint density at radius 1 is 1.07 bits per heavy atom. The number of nitrogens with two attached hydrogens (primary N) is 2. The van der Waals surface area contributed by atoms with Crippen LogP contribution in [0.4, 0.5) is 0 Å². The van der Waals surface area contributed by atoms with Gasteiger partial charge in [0, 0.05) is 6.42 Å². The number of amides is 4. The maximum atomic E-state index is 12.3. The highest BCUT2D eigenvalue weighted by molar-refractivity contribution is 7.98. The SMILES string of the molecule is CSCCC(N)C(=O)NCC(=O)NC(CCC(N)=O)C(=O)NC(C(=O)O)C(C)O. The van der Waals surface area contributed by atoms with E-state index in [1.807, 2.05) is 6.26 Å². The van der Waals surface area contributed by atoms with Crippen molar-refractivity contribution in [1.29, 1.82) is 0 Å². The smallest absolute Gasteiger partial charge is 0.328 e. The fourth-order valence-electron chi connectivity index (χ4n) is 2.12. The van der Waals surface area contributed by atoms with Gasteiger partial charge in [0.15, 0.2) is 6.04 Å². The summed E-state index contributed by atoms with van der Waals surface area (Å²) >= 11 is 1.52. The minimum atomic E-state index is -1.61. The van der Waals surface area contributed by atoms with Crippen LogP contribution in [0.2, 0.25) is 0 Å². The summed E-state index contributed by atoms with van der Waals surface area (Å²) in [7, 11) is 0. The molecule has 0 aliphatic heterocycles. The van der Waals surface area contributed by atoms with E-state index in [1.54, 1.807) is 0 Å². The highest BCUT2D eigenvalue weighted by atomic mass is 32.2. The number of aliphatic carboxylic acids is 1. The largest absolute Gasteiger partial charge is 0.480 e. The molecule has 4 unspecified atom stereocenters. The topological polar surface area (TPSA) is 214 Å². The van der Waals surface area contributed by atoms with Crippen molar-refractivity contribution >= 4 is 41.4 Å². The Kier molecular flexibility index (Phi) is 12.6. The van der Waals surface area contributed by atoms with E-state index >= 15 is 0 Å². The molecule has 0 radical (unpaired) electrons. The average Bonchev–Trinajstić information content (AvgIpc) is 2.64. The van der Waals surface area contributed by atoms with Crippen LogP contribution in [-0.4, -0.2) is 82.6 Å². The van der Waals surface area contributed by atoms with E-state index in [1.165, 1.54) is 18.7 Å². The summed E-state index contributed by atoms with van der Waals surface area (Å²) in [5.41, 5.74) is 10.7. The molecule has 0 aliphatic rings. The lowest BCUT2D eigenvalue weighted by Gasteiger charge is -2.22. The van der Waals surface area contributed by atoms with Gasteiger partial charge < -0.3 is 37.6 Å². The number of carboxylic acid groups (broad SMARTS) is 1. The lowest BCUT2D eigenvalue weighted by atomic mass is 10.1. The van der Waals surface area contributed by atoms with Crippen molar-refractivity contribution in [3.05, 3.63) is 0 Å². The Hall–Kier alpha value is -2.38. The number of hydrogen-bond donors (Lipinski definition) is 7. The van der Waals surface area contributed by atoms with Crippen molar-refractivity contribution in [3.63, 3.8) is 0 Å². The minimum Gasteiger partial charge on any atom is -0.480 e. The standard InChI is InChI=1S/C16H29N5O7S/c1-8(22)13(16(27)28)21-15(26)10(3-4-11(18)23)20-12(24)7-19-14(25)9(17)5-6-29-2/h8-10,13,22H,3-7,17H2,1-2H3,(H2,18,23)(H,19,25)(H,20,24)(H,21,26)(H,27,28). The van der Waals surface area contributed by atoms with E-state index in [-0.39, 0.29) is 12.8 Å². The fraction of sp³-hybridized carbons (Fsp3) is 0.688. The van der Waals surface area contributed by atoms with Gasteiger partial charge in [0.05, 0.1) is 18.7 Å². The second-order valence-electron chi connectivity index (χ2n) is 6.30. The number of aliphatic hydroxyl groups excluding tert-OH is 1. The number of carbonyl (C=O) groups excluding carboxylic acids is 4. The number of rotatable bonds is 14. The molecule has 0 aromatic carbocycles. The summed E-state index contributed by atoms with van der Waals surface area (Å²) in [6, 6.07) is -3.69. The van der Waals surface area contributed by atoms with Gasteiger partial charge in [-0.05, 0) is 31.8 Å². The third-order valence-electron chi connectivity index (χ3n) is 3.77. The number of hydrogen-bond acceptors (Lipinski definition) is 8. The van der Waals surface area contributed by atoms with Crippen LogP contribution in [0.1, 0.15) is 26.2 Å². The van der Waals surface area contributed by atoms with Gasteiger partial charge in [-0.25, -0.2) is 4.79 Å². The minimum absolute atomic E-state index is 0.194. The van der Waals surface area contributed by atoms with E-state index in [9.17, 15) is 29.1 Å². The van der Waals surface area contributed by atoms with Crippen molar-refractivity contribution in [3.8, 4) is 0 Å². The van der Waals surface area contributed by atoms with Crippen LogP contribution >= 0.6 is 11.8 Å². The summed E-state index contributed by atoms with van der Waals surface area (Å²) in [6.45, 7) is 0.705. The Morgan fingerprint density at radius 2 is 1.69 bits per heavy atom. The summed E-state index contributed by atoms with van der Waals surface area (Å²) in [4.78, 5) is 58.3. The molecule has 0 aromatic rings. The predicted molar refractivity (Wildman–Crippen MR) is 106 cm³/mol. The second kappa shape index (κ2) is 13.7. The molecule has 12 nitrogen and oxygen atoms in total. The Bertz CT molecular complexity index is 602. The first-order valence-electron chi connectivity index (χ1n) is 8.80. The molecule has 0 aromatic heterocycles. The highest BCUT2D eigenvalue weighted by Crippen LogP contribution is 2.01. The van der Waals surface area contributed by atoms with Crippen molar-refractivity contribution in [2.75, 3.05) is 18.6 Å². The summed E-state index contributed by atoms with van der Waals surface area (Å²) in [5, 5.41) is 25.2. The van der Waals surface area contributed by atoms with Gasteiger partial charge in [0.1, 0.15) is 6.04 Å². The van der Waals surface area contributed by atoms with E-state index < -0.39 is 60.4 Å². The van der Waals surface area contributed by atoms with Gasteiger partial charge >= 0.3 is 5.97 Å². The molecule has 0 saturated carbocycles. The van der Waals surface area contributed by atoms with E-state index in [0.29, 0.717) is 12.2 Å². The van der Waals surface area contributed by atoms with Gasteiger partial charge in [-0.15, -0.1) is 0 Å². The third-order valence-corrected chi connectivity index (χ3v) is 4.41. The van der Waals surface area contributed by atoms with Crippen LogP contribution in [0.3, 0.4) is 0 Å². The van der Waals surface area contributed by atoms with Gasteiger partial charge in [0.25, 0.3) is 0 Å². The molecule has 166 valence electrons. The van der Waals surface area contributed by atoms with Crippen molar-refractivity contribution in [2.24, 2.45) is 11.5 Å². The molecule has 29 heavy (non-hydrogen) atoms. The second-order valence-corrected chi connectivity index (χ2v) is 7.28. The maximum Gasteiger partial charge on any atom is 0.328 e. The first kappa shape index (κ1) is 26.6. The summed E-state index contributed by atoms with van der Waals surface area (Å²) in [6.07, 6.45) is 0.443. The normalized spacial score (nSPS) is 14.8. The quantitative estimate of drug-likeness (QED) is 0.147. The highest BCUT2D eigenvalue weighted by Gasteiger charge is 2.29. The molecule has 0 fully saturated rings. The lowest BCUT2D eigenvalue weighted by Crippen LogP contribution is -2.56. The number of aliphatic hydroxyl groups is 1. The van der Waals surface area contributed by atoms with Gasteiger partial charge in [0.2, 0.25) is 23.6 Å². The number of carbonyl (C=O) groups is 5. The molecular formula is C16H29N5O7S. The average molecular weight is 436 g/mol. The summed E-state index contributed by atoms with van der Waals surface area (Å²) in [5.74, 6) is -3.73. The summed E-state index contributed by atoms with van der Waals surface area (Å²) < 4.78 is 0.